The van der Waals surface area contributed by atoms with Gasteiger partial charge in [-0.05, 0) is 27.8 Å². The molecule has 0 aromatic heterocycles. The molecule has 0 radical (unpaired) electrons. The second kappa shape index (κ2) is 8.39. The van der Waals surface area contributed by atoms with Gasteiger partial charge in [-0.25, -0.2) is 9.59 Å². The first-order chi connectivity index (χ1) is 14.6. The molecule has 2 unspecified atom stereocenters. The van der Waals surface area contributed by atoms with Gasteiger partial charge in [0.1, 0.15) is 6.61 Å². The van der Waals surface area contributed by atoms with Crippen LogP contribution in [-0.2, 0) is 9.53 Å². The van der Waals surface area contributed by atoms with Gasteiger partial charge in [-0.1, -0.05) is 78.9 Å². The average molecular weight is 403 g/mol. The number of fused-ring (bicyclic) bond motifs is 3. The van der Waals surface area contributed by atoms with Crippen molar-refractivity contribution in [1.82, 2.24) is 5.32 Å². The van der Waals surface area contributed by atoms with E-state index in [1.807, 2.05) is 48.5 Å². The molecule has 30 heavy (non-hydrogen) atoms. The number of carboxylic acids is 1. The van der Waals surface area contributed by atoms with E-state index in [-0.39, 0.29) is 12.5 Å². The molecule has 0 saturated carbocycles. The SMILES string of the molecule is O=C(NC(c1ccccc1)C(O)C(=O)O)OCC1c2ccccc2-c2ccccc21. The summed E-state index contributed by atoms with van der Waals surface area (Å²) in [5, 5.41) is 21.8. The lowest BCUT2D eigenvalue weighted by Crippen LogP contribution is -2.40. The fourth-order valence-electron chi connectivity index (χ4n) is 3.91. The van der Waals surface area contributed by atoms with E-state index in [1.165, 1.54) is 0 Å². The van der Waals surface area contributed by atoms with Crippen molar-refractivity contribution in [3.05, 3.63) is 95.6 Å². The molecular weight excluding hydrogens is 382 g/mol. The van der Waals surface area contributed by atoms with Crippen molar-refractivity contribution >= 4 is 12.1 Å². The first-order valence-corrected chi connectivity index (χ1v) is 9.63. The number of alkyl carbamates (subject to hydrolysis) is 1. The highest BCUT2D eigenvalue weighted by atomic mass is 16.5. The third kappa shape index (κ3) is 3.77. The largest absolute Gasteiger partial charge is 0.479 e. The van der Waals surface area contributed by atoms with E-state index in [0.29, 0.717) is 5.56 Å². The average Bonchev–Trinajstić information content (AvgIpc) is 3.10. The molecular formula is C24H21NO5. The number of nitrogens with one attached hydrogen (secondary N) is 1. The summed E-state index contributed by atoms with van der Waals surface area (Å²) in [7, 11) is 0. The second-order valence-corrected chi connectivity index (χ2v) is 7.14. The lowest BCUT2D eigenvalue weighted by molar-refractivity contribution is -0.148. The van der Waals surface area contributed by atoms with Crippen LogP contribution in [0.2, 0.25) is 0 Å². The number of hydrogen-bond donors (Lipinski definition) is 3. The van der Waals surface area contributed by atoms with E-state index in [2.05, 4.69) is 5.32 Å². The van der Waals surface area contributed by atoms with Gasteiger partial charge in [-0.3, -0.25) is 0 Å². The minimum atomic E-state index is -1.80. The number of aliphatic hydroxyl groups excluding tert-OH is 1. The van der Waals surface area contributed by atoms with Crippen LogP contribution in [0.4, 0.5) is 4.79 Å². The molecule has 3 aromatic rings. The van der Waals surface area contributed by atoms with E-state index < -0.39 is 24.2 Å². The molecule has 1 amide bonds. The van der Waals surface area contributed by atoms with Gasteiger partial charge in [0.25, 0.3) is 0 Å². The third-order valence-electron chi connectivity index (χ3n) is 5.34. The zero-order chi connectivity index (χ0) is 21.1. The van der Waals surface area contributed by atoms with Crippen LogP contribution in [0, 0.1) is 0 Å². The number of rotatable bonds is 6. The fraction of sp³-hybridized carbons (Fsp3) is 0.167. The highest BCUT2D eigenvalue weighted by molar-refractivity contribution is 5.79. The van der Waals surface area contributed by atoms with Crippen molar-refractivity contribution in [3.8, 4) is 11.1 Å². The van der Waals surface area contributed by atoms with Crippen molar-refractivity contribution in [2.24, 2.45) is 0 Å². The smallest absolute Gasteiger partial charge is 0.407 e. The van der Waals surface area contributed by atoms with Gasteiger partial charge < -0.3 is 20.3 Å². The summed E-state index contributed by atoms with van der Waals surface area (Å²) in [6, 6.07) is 23.3. The van der Waals surface area contributed by atoms with Crippen LogP contribution in [0.1, 0.15) is 28.7 Å². The van der Waals surface area contributed by atoms with Crippen LogP contribution in [0.15, 0.2) is 78.9 Å². The van der Waals surface area contributed by atoms with Crippen LogP contribution in [0.3, 0.4) is 0 Å². The number of carboxylic acid groups (broad SMARTS) is 1. The Labute approximate surface area is 173 Å². The Hall–Kier alpha value is -3.64. The molecule has 0 saturated heterocycles. The monoisotopic (exact) mass is 403 g/mol. The lowest BCUT2D eigenvalue weighted by atomic mass is 9.98. The van der Waals surface area contributed by atoms with Gasteiger partial charge in [-0.15, -0.1) is 0 Å². The molecule has 152 valence electrons. The number of aliphatic hydroxyl groups is 1. The molecule has 2 atom stereocenters. The molecule has 3 aromatic carbocycles. The topological polar surface area (TPSA) is 95.9 Å². The third-order valence-corrected chi connectivity index (χ3v) is 5.34. The van der Waals surface area contributed by atoms with Crippen molar-refractivity contribution in [1.29, 1.82) is 0 Å². The molecule has 0 heterocycles. The van der Waals surface area contributed by atoms with Gasteiger partial charge in [0, 0.05) is 5.92 Å². The number of aliphatic carboxylic acids is 1. The van der Waals surface area contributed by atoms with E-state index in [0.717, 1.165) is 22.3 Å². The Morgan fingerprint density at radius 2 is 1.40 bits per heavy atom. The summed E-state index contributed by atoms with van der Waals surface area (Å²) < 4.78 is 5.47. The quantitative estimate of drug-likeness (QED) is 0.583. The van der Waals surface area contributed by atoms with Gasteiger partial charge >= 0.3 is 12.1 Å². The van der Waals surface area contributed by atoms with Crippen molar-refractivity contribution < 1.29 is 24.5 Å². The number of ether oxygens (including phenoxy) is 1. The Balaban J connectivity index is 1.50. The molecule has 6 nitrogen and oxygen atoms in total. The summed E-state index contributed by atoms with van der Waals surface area (Å²) in [6.07, 6.45) is -2.58. The maximum Gasteiger partial charge on any atom is 0.407 e. The van der Waals surface area contributed by atoms with Gasteiger partial charge in [0.2, 0.25) is 0 Å². The van der Waals surface area contributed by atoms with Crippen LogP contribution < -0.4 is 5.32 Å². The predicted octanol–water partition coefficient (Wildman–Crippen LogP) is 3.71. The predicted molar refractivity (Wildman–Crippen MR) is 111 cm³/mol. The number of benzene rings is 3. The van der Waals surface area contributed by atoms with Crippen LogP contribution in [0.25, 0.3) is 11.1 Å². The van der Waals surface area contributed by atoms with Gasteiger partial charge in [0.15, 0.2) is 6.10 Å². The fourth-order valence-corrected chi connectivity index (χ4v) is 3.91. The molecule has 0 spiro atoms. The number of hydrogen-bond acceptors (Lipinski definition) is 4. The van der Waals surface area contributed by atoms with Crippen LogP contribution in [-0.4, -0.2) is 35.0 Å². The maximum absolute atomic E-state index is 12.5. The standard InChI is InChI=1S/C24H21NO5/c26-22(23(27)28)21(15-8-2-1-3-9-15)25-24(29)30-14-20-18-12-6-4-10-16(18)17-11-5-7-13-19(17)20/h1-13,20-22,26H,14H2,(H,25,29)(H,27,28). The summed E-state index contributed by atoms with van der Waals surface area (Å²) in [4.78, 5) is 23.8. The summed E-state index contributed by atoms with van der Waals surface area (Å²) in [5.74, 6) is -1.54. The molecule has 3 N–H and O–H groups in total. The summed E-state index contributed by atoms with van der Waals surface area (Å²) in [5.41, 5.74) is 4.87. The molecule has 1 aliphatic carbocycles. The van der Waals surface area contributed by atoms with Gasteiger partial charge in [0.05, 0.1) is 6.04 Å². The Morgan fingerprint density at radius 3 is 1.97 bits per heavy atom. The van der Waals surface area contributed by atoms with E-state index in [4.69, 9.17) is 4.74 Å². The maximum atomic E-state index is 12.5. The zero-order valence-electron chi connectivity index (χ0n) is 16.1. The molecule has 0 bridgehead atoms. The number of carbonyl (C=O) groups is 2. The Morgan fingerprint density at radius 1 is 0.867 bits per heavy atom. The first kappa shape index (κ1) is 19.7. The number of carbonyl (C=O) groups excluding carboxylic acids is 1. The van der Waals surface area contributed by atoms with E-state index in [1.54, 1.807) is 30.3 Å². The minimum Gasteiger partial charge on any atom is -0.479 e. The second-order valence-electron chi connectivity index (χ2n) is 7.14. The molecule has 4 rings (SSSR count). The lowest BCUT2D eigenvalue weighted by Gasteiger charge is -2.22. The Kier molecular flexibility index (Phi) is 5.50. The van der Waals surface area contributed by atoms with Crippen molar-refractivity contribution in [3.63, 3.8) is 0 Å². The summed E-state index contributed by atoms with van der Waals surface area (Å²) >= 11 is 0. The number of amides is 1. The normalized spacial score (nSPS) is 14.3. The van der Waals surface area contributed by atoms with Crippen LogP contribution in [0.5, 0.6) is 0 Å². The minimum absolute atomic E-state index is 0.102. The first-order valence-electron chi connectivity index (χ1n) is 9.63. The van der Waals surface area contributed by atoms with Crippen LogP contribution >= 0.6 is 0 Å². The van der Waals surface area contributed by atoms with Crippen molar-refractivity contribution in [2.45, 2.75) is 18.1 Å². The van der Waals surface area contributed by atoms with Crippen molar-refractivity contribution in [2.75, 3.05) is 6.61 Å². The van der Waals surface area contributed by atoms with E-state index in [9.17, 15) is 19.8 Å². The highest BCUT2D eigenvalue weighted by Crippen LogP contribution is 2.44. The zero-order valence-corrected chi connectivity index (χ0v) is 16.1. The Bertz CT molecular complexity index is 1020. The molecule has 0 fully saturated rings. The molecule has 1 aliphatic rings. The molecule has 0 aliphatic heterocycles. The van der Waals surface area contributed by atoms with E-state index >= 15 is 0 Å². The molecule has 6 heteroatoms. The highest BCUT2D eigenvalue weighted by Gasteiger charge is 2.31. The van der Waals surface area contributed by atoms with Gasteiger partial charge in [-0.2, -0.15) is 0 Å². The summed E-state index contributed by atoms with van der Waals surface area (Å²) in [6.45, 7) is 0.102.